The number of aliphatic hydroxyl groups is 23. The fourth-order valence-corrected chi connectivity index (χ4v) is 12.9. The third-order valence-electron chi connectivity index (χ3n) is 18.2. The minimum Gasteiger partial charge on any atom is -0.394 e. The topological polar surface area (TPSA) is 625 Å². The summed E-state index contributed by atoms with van der Waals surface area (Å²) in [4.78, 5) is 0. The zero-order valence-electron chi connectivity index (χ0n) is 50.2. The van der Waals surface area contributed by atoms with Crippen molar-refractivity contribution in [2.45, 2.75) is 252 Å². The van der Waals surface area contributed by atoms with E-state index in [4.69, 9.17) is 75.8 Å². The van der Waals surface area contributed by atoms with Crippen molar-refractivity contribution in [1.82, 2.24) is 5.32 Å². The van der Waals surface area contributed by atoms with Crippen LogP contribution in [0, 0.1) is 0 Å². The van der Waals surface area contributed by atoms with Crippen molar-refractivity contribution in [2.24, 2.45) is 0 Å². The van der Waals surface area contributed by atoms with Gasteiger partial charge in [-0.15, -0.1) is 0 Å². The molecule has 16 bridgehead atoms. The number of benzene rings is 1. The summed E-state index contributed by atoms with van der Waals surface area (Å²) >= 11 is 0. The van der Waals surface area contributed by atoms with Crippen molar-refractivity contribution in [2.75, 3.05) is 52.8 Å². The smallest absolute Gasteiger partial charge is 0.187 e. The second-order valence-electron chi connectivity index (χ2n) is 24.4. The fraction of sp³-hybridized carbons (Fsp3) is 0.891. The molecule has 30 saturated heterocycles. The molecule has 40 heteroatoms. The Labute approximate surface area is 538 Å². The minimum absolute atomic E-state index is 0.142. The van der Waals surface area contributed by atoms with Crippen LogP contribution in [0.2, 0.25) is 0 Å². The van der Waals surface area contributed by atoms with Crippen LogP contribution in [0.4, 0.5) is 0 Å². The summed E-state index contributed by atoms with van der Waals surface area (Å²) in [5, 5.41) is 261. The van der Waals surface area contributed by atoms with Gasteiger partial charge in [-0.3, -0.25) is 0 Å². The number of rotatable bonds is 11. The van der Waals surface area contributed by atoms with E-state index < -0.39 is 292 Å². The second kappa shape index (κ2) is 32.7. The van der Waals surface area contributed by atoms with Crippen molar-refractivity contribution < 1.29 is 193 Å². The van der Waals surface area contributed by atoms with Crippen LogP contribution in [0.25, 0.3) is 0 Å². The summed E-state index contributed by atoms with van der Waals surface area (Å²) in [7, 11) is 0. The number of aliphatic hydroxyl groups excluding tert-OH is 23. The number of hydrogen-bond acceptors (Lipinski definition) is 40. The van der Waals surface area contributed by atoms with E-state index in [1.54, 1.807) is 30.3 Å². The molecule has 24 N–H and O–H groups in total. The minimum atomic E-state index is -2.25. The predicted octanol–water partition coefficient (Wildman–Crippen LogP) is -15.6. The lowest BCUT2D eigenvalue weighted by Crippen LogP contribution is -2.69. The van der Waals surface area contributed by atoms with Crippen LogP contribution in [-0.2, 0) is 82.3 Å². The molecule has 40 nitrogen and oxygen atoms in total. The average Bonchev–Trinajstić information content (AvgIpc) is 0.785. The molecule has 546 valence electrons. The second-order valence-corrected chi connectivity index (χ2v) is 24.4. The van der Waals surface area contributed by atoms with Gasteiger partial charge in [0.2, 0.25) is 0 Å². The maximum absolute atomic E-state index is 11.9. The maximum Gasteiger partial charge on any atom is 0.187 e. The molecule has 95 heavy (non-hydrogen) atoms. The molecular formula is C55H87NO39. The Hall–Kier alpha value is -2.38. The van der Waals surface area contributed by atoms with Crippen molar-refractivity contribution in [3.63, 3.8) is 0 Å². The van der Waals surface area contributed by atoms with Gasteiger partial charge >= 0.3 is 0 Å². The molecule has 1 aromatic rings. The molecule has 0 aromatic heterocycles. The van der Waals surface area contributed by atoms with Gasteiger partial charge in [-0.25, -0.2) is 0 Å². The summed E-state index contributed by atoms with van der Waals surface area (Å²) < 4.78 is 93.0. The number of ether oxygens (including phenoxy) is 16. The Morgan fingerprint density at radius 3 is 0.568 bits per heavy atom. The molecule has 30 aliphatic rings. The molecule has 0 amide bonds. The van der Waals surface area contributed by atoms with Crippen LogP contribution >= 0.6 is 0 Å². The van der Waals surface area contributed by atoms with Gasteiger partial charge in [-0.2, -0.15) is 0 Å². The summed E-state index contributed by atoms with van der Waals surface area (Å²) in [5.41, 5.74) is 0.744. The van der Waals surface area contributed by atoms with E-state index in [1.165, 1.54) is 0 Å². The Balaban J connectivity index is 0.923. The van der Waals surface area contributed by atoms with Crippen LogP contribution in [0.15, 0.2) is 30.3 Å². The molecule has 30 heterocycles. The van der Waals surface area contributed by atoms with Crippen LogP contribution in [0.3, 0.4) is 0 Å². The quantitative estimate of drug-likeness (QED) is 0.0978. The van der Waals surface area contributed by atoms with Gasteiger partial charge in [0.25, 0.3) is 0 Å². The lowest BCUT2D eigenvalue weighted by molar-refractivity contribution is -0.403. The van der Waals surface area contributed by atoms with Crippen molar-refractivity contribution >= 4 is 0 Å². The first-order valence-corrected chi connectivity index (χ1v) is 30.8. The number of nitrogens with one attached hydrogen (secondary N) is 1. The third kappa shape index (κ3) is 15.5. The van der Waals surface area contributed by atoms with Crippen LogP contribution in [-0.4, -0.2) is 416 Å². The highest BCUT2D eigenvalue weighted by Crippen LogP contribution is 2.40. The normalized spacial score (nSPS) is 52.1. The Morgan fingerprint density at radius 1 is 0.221 bits per heavy atom. The highest BCUT2D eigenvalue weighted by atomic mass is 16.8. The van der Waals surface area contributed by atoms with E-state index in [0.29, 0.717) is 0 Å². The third-order valence-corrected chi connectivity index (χ3v) is 18.2. The lowest BCUT2D eigenvalue weighted by Gasteiger charge is -2.50. The highest BCUT2D eigenvalue weighted by Gasteiger charge is 2.60. The fourth-order valence-electron chi connectivity index (χ4n) is 12.9. The molecule has 0 spiro atoms. The van der Waals surface area contributed by atoms with E-state index in [-0.39, 0.29) is 13.1 Å². The Kier molecular flexibility index (Phi) is 25.9. The molecule has 30 fully saturated rings. The molecule has 0 aliphatic carbocycles. The van der Waals surface area contributed by atoms with Crippen LogP contribution in [0.5, 0.6) is 0 Å². The molecule has 40 atom stereocenters. The van der Waals surface area contributed by atoms with E-state index in [9.17, 15) is 117 Å². The van der Waals surface area contributed by atoms with E-state index >= 15 is 0 Å². The van der Waals surface area contributed by atoms with Gasteiger partial charge in [0, 0.05) is 13.1 Å². The first-order chi connectivity index (χ1) is 45.4. The Bertz CT molecular complexity index is 2480. The first-order valence-electron chi connectivity index (χ1n) is 30.8. The molecule has 0 radical (unpaired) electrons. The highest BCUT2D eigenvalue weighted by molar-refractivity contribution is 5.14. The van der Waals surface area contributed by atoms with Crippen LogP contribution in [0.1, 0.15) is 5.56 Å². The molecular weight excluding hydrogens is 1300 g/mol. The lowest BCUT2D eigenvalue weighted by atomic mass is 9.94. The predicted molar refractivity (Wildman–Crippen MR) is 292 cm³/mol. The monoisotopic (exact) mass is 1390 g/mol. The molecule has 0 unspecified atom stereocenters. The maximum atomic E-state index is 11.9. The largest absolute Gasteiger partial charge is 0.394 e. The standard InChI is InChI=1S/C55H87NO39/c57-8-17-41-26(66)34(74)50(82-17)91-43-19(10-59)84-52(36(76)28(43)68)93-45-21(12-61)86-54(38(78)30(45)70)95-47-23(14-63)87-55(39(79)31(47)71)94-46-22(13-62)85-53(37(77)29(46)69)92-44-20(11-60)83-51(35(75)27(44)67)90-42-18(9-58)81-49(33(73)25(42)65)88-40-16(80-48(89-41)32(72)24(40)64)7-56-6-15-4-2-1-3-5-15/h1-5,16-79H,6-14H2/t16-,17-,18-,19-,20-,21-,22-,23-,24-,25-,26-,27-,28-,29-,30-,31-,32-,33-,34-,35-,36-,37-,38-,39-,40-,41-,42-,43-,44-,45-,46-,47-,48-,49-,50-,51-,52-,53-,54-,55-/m1/s1. The molecule has 0 saturated carbocycles. The van der Waals surface area contributed by atoms with Gasteiger partial charge in [-0.1, -0.05) is 30.3 Å². The summed E-state index contributed by atoms with van der Waals surface area (Å²) in [6.45, 7) is -7.63. The van der Waals surface area contributed by atoms with E-state index in [0.717, 1.165) is 5.56 Å². The summed E-state index contributed by atoms with van der Waals surface area (Å²) in [6.07, 6.45) is -80.9. The van der Waals surface area contributed by atoms with E-state index in [1.807, 2.05) is 0 Å². The number of hydrogen-bond donors (Lipinski definition) is 24. The van der Waals surface area contributed by atoms with E-state index in [2.05, 4.69) is 5.32 Å². The van der Waals surface area contributed by atoms with Gasteiger partial charge in [0.1, 0.15) is 195 Å². The van der Waals surface area contributed by atoms with Crippen molar-refractivity contribution in [3.05, 3.63) is 35.9 Å². The summed E-state index contributed by atoms with van der Waals surface area (Å²) in [5.74, 6) is 0. The van der Waals surface area contributed by atoms with Crippen molar-refractivity contribution in [3.8, 4) is 0 Å². The zero-order valence-corrected chi connectivity index (χ0v) is 50.2. The average molecular weight is 1390 g/mol. The van der Waals surface area contributed by atoms with Gasteiger partial charge < -0.3 is 199 Å². The van der Waals surface area contributed by atoms with Crippen LogP contribution < -0.4 is 5.32 Å². The SMILES string of the molecule is OC[C@H]1O[C@@H]2O[C@H]3[C@H](O)[C@@H](O)[C@@H](O[C@H]4[C@H](O)[C@@H](O)[C@@H](O[C@H]5[C@H](O)[C@@H](O)[C@@H](O[C@H]6[C@H](O)[C@@H](O)[C@@H](O[C@H]7[C@H](O)[C@@H](O)[C@@H](O[C@H]8[C@H](O)[C@@H](O)[C@@H](O[C@H]9[C@H](O)[C@@H](O)[C@@H](O[C@H]1[C@H](O)[C@H]2O)O[C@@H]9CO)O[C@@H]8CO)O[C@@H]7CO)O[C@@H]6CNCc1ccccc1)O[C@@H]5CO)O[C@@H]4CO)O[C@@H]3CO. The molecule has 1 aromatic carbocycles. The molecule has 30 aliphatic heterocycles. The van der Waals surface area contributed by atoms with Gasteiger partial charge in [0.15, 0.2) is 50.3 Å². The van der Waals surface area contributed by atoms with Crippen molar-refractivity contribution in [1.29, 1.82) is 0 Å². The molecule has 31 rings (SSSR count). The first kappa shape index (κ1) is 75.3. The van der Waals surface area contributed by atoms with Gasteiger partial charge in [-0.05, 0) is 5.56 Å². The summed E-state index contributed by atoms with van der Waals surface area (Å²) in [6, 6.07) is 8.77. The van der Waals surface area contributed by atoms with Gasteiger partial charge in [0.05, 0.1) is 46.2 Å². The Morgan fingerprint density at radius 2 is 0.389 bits per heavy atom. The zero-order chi connectivity index (χ0) is 68.6.